The summed E-state index contributed by atoms with van der Waals surface area (Å²) < 4.78 is 0. The second-order valence-corrected chi connectivity index (χ2v) is 10.0. The van der Waals surface area contributed by atoms with E-state index >= 15 is 0 Å². The van der Waals surface area contributed by atoms with Gasteiger partial charge >= 0.3 is 5.97 Å². The van der Waals surface area contributed by atoms with Gasteiger partial charge in [-0.1, -0.05) is 134 Å². The maximum atomic E-state index is 10.4. The van der Waals surface area contributed by atoms with Crippen LogP contribution in [0.3, 0.4) is 0 Å². The molecule has 0 spiro atoms. The molecule has 3 nitrogen and oxygen atoms in total. The minimum atomic E-state index is -0.655. The quantitative estimate of drug-likeness (QED) is 0.0890. The molecule has 0 radical (unpaired) electrons. The summed E-state index contributed by atoms with van der Waals surface area (Å²) in [6.07, 6.45) is 37.7. The molecule has 0 aromatic carbocycles. The molecule has 3 heteroatoms. The van der Waals surface area contributed by atoms with Crippen LogP contribution in [0.1, 0.15) is 167 Å². The van der Waals surface area contributed by atoms with Crippen LogP contribution in [0.5, 0.6) is 0 Å². The van der Waals surface area contributed by atoms with Gasteiger partial charge in [0.1, 0.15) is 0 Å². The molecule has 0 rings (SSSR count). The minimum absolute atomic E-state index is 0.340. The topological polar surface area (TPSA) is 57.5 Å². The van der Waals surface area contributed by atoms with Gasteiger partial charge < -0.3 is 10.2 Å². The average molecular weight is 467 g/mol. The van der Waals surface area contributed by atoms with Gasteiger partial charge in [-0.15, -0.1) is 0 Å². The highest BCUT2D eigenvalue weighted by Gasteiger charge is 1.97. The molecule has 0 saturated carbocycles. The third-order valence-corrected chi connectivity index (χ3v) is 6.71. The predicted molar refractivity (Wildman–Crippen MR) is 144 cm³/mol. The van der Waals surface area contributed by atoms with Crippen molar-refractivity contribution in [2.24, 2.45) is 0 Å². The number of aliphatic carboxylic acids is 1. The van der Waals surface area contributed by atoms with Crippen molar-refractivity contribution in [3.8, 4) is 0 Å². The summed E-state index contributed by atoms with van der Waals surface area (Å²) in [6, 6.07) is 0. The zero-order valence-corrected chi connectivity index (χ0v) is 22.0. The summed E-state index contributed by atoms with van der Waals surface area (Å²) in [7, 11) is 0. The minimum Gasteiger partial charge on any atom is -0.481 e. The van der Waals surface area contributed by atoms with Gasteiger partial charge in [0.2, 0.25) is 0 Å². The molecule has 0 aliphatic carbocycles. The van der Waals surface area contributed by atoms with E-state index < -0.39 is 5.97 Å². The Balaban J connectivity index is 3.07. The number of unbranched alkanes of at least 4 members (excludes halogenated alkanes) is 23. The van der Waals surface area contributed by atoms with Crippen LogP contribution in [0, 0.1) is 0 Å². The van der Waals surface area contributed by atoms with Crippen LogP contribution in [-0.2, 0) is 4.79 Å². The Morgan fingerprint density at radius 3 is 1.00 bits per heavy atom. The van der Waals surface area contributed by atoms with Gasteiger partial charge in [0, 0.05) is 13.0 Å². The Morgan fingerprint density at radius 1 is 0.424 bits per heavy atom. The van der Waals surface area contributed by atoms with Crippen LogP contribution in [0.25, 0.3) is 0 Å². The molecule has 2 N–H and O–H groups in total. The number of carboxylic acid groups (broad SMARTS) is 1. The Hall–Kier alpha value is -0.830. The number of carboxylic acids is 1. The van der Waals surface area contributed by atoms with Crippen LogP contribution in [0.4, 0.5) is 0 Å². The summed E-state index contributed by atoms with van der Waals surface area (Å²) in [5, 5.41) is 17.4. The normalized spacial score (nSPS) is 11.5. The van der Waals surface area contributed by atoms with Crippen LogP contribution in [0.2, 0.25) is 0 Å². The summed E-state index contributed by atoms with van der Waals surface area (Å²) in [4.78, 5) is 10.4. The predicted octanol–water partition coefficient (Wildman–Crippen LogP) is 9.76. The lowest BCUT2D eigenvalue weighted by molar-refractivity contribution is -0.137. The maximum absolute atomic E-state index is 10.4. The third-order valence-electron chi connectivity index (χ3n) is 6.71. The smallest absolute Gasteiger partial charge is 0.303 e. The fourth-order valence-corrected chi connectivity index (χ4v) is 4.51. The fourth-order valence-electron chi connectivity index (χ4n) is 4.51. The third kappa shape index (κ3) is 31.2. The summed E-state index contributed by atoms with van der Waals surface area (Å²) >= 11 is 0. The lowest BCUT2D eigenvalue weighted by Crippen LogP contribution is -1.93. The first-order chi connectivity index (χ1) is 16.3. The number of hydrogen-bond donors (Lipinski definition) is 2. The highest BCUT2D eigenvalue weighted by Crippen LogP contribution is 2.15. The van der Waals surface area contributed by atoms with E-state index in [0.717, 1.165) is 19.3 Å². The number of rotatable bonds is 28. The molecule has 33 heavy (non-hydrogen) atoms. The fraction of sp³-hybridized carbons (Fsp3) is 0.900. The molecule has 0 aliphatic rings. The van der Waals surface area contributed by atoms with Gasteiger partial charge in [0.15, 0.2) is 0 Å². The van der Waals surface area contributed by atoms with Crippen molar-refractivity contribution < 1.29 is 15.0 Å². The van der Waals surface area contributed by atoms with Gasteiger partial charge in [0.25, 0.3) is 0 Å². The number of aliphatic hydroxyl groups is 1. The van der Waals surface area contributed by atoms with Gasteiger partial charge in [-0.05, 0) is 38.5 Å². The van der Waals surface area contributed by atoms with Gasteiger partial charge in [-0.25, -0.2) is 0 Å². The molecule has 0 amide bonds. The van der Waals surface area contributed by atoms with Gasteiger partial charge in [-0.2, -0.15) is 0 Å². The van der Waals surface area contributed by atoms with Crippen molar-refractivity contribution in [2.75, 3.05) is 6.61 Å². The second kappa shape index (κ2) is 29.2. The van der Waals surface area contributed by atoms with Crippen LogP contribution < -0.4 is 0 Å². The Bertz CT molecular complexity index is 405. The van der Waals surface area contributed by atoms with Gasteiger partial charge in [-0.3, -0.25) is 4.79 Å². The highest BCUT2D eigenvalue weighted by atomic mass is 16.4. The van der Waals surface area contributed by atoms with Crippen molar-refractivity contribution in [2.45, 2.75) is 167 Å². The molecular formula is C30H58O3. The van der Waals surface area contributed by atoms with Crippen molar-refractivity contribution in [1.29, 1.82) is 0 Å². The largest absolute Gasteiger partial charge is 0.481 e. The molecule has 0 aromatic rings. The van der Waals surface area contributed by atoms with E-state index in [-0.39, 0.29) is 0 Å². The van der Waals surface area contributed by atoms with Crippen LogP contribution in [-0.4, -0.2) is 22.8 Å². The van der Waals surface area contributed by atoms with E-state index in [0.29, 0.717) is 13.0 Å². The molecule has 0 bridgehead atoms. The maximum Gasteiger partial charge on any atom is 0.303 e. The summed E-state index contributed by atoms with van der Waals surface area (Å²) in [5.74, 6) is -0.655. The SMILES string of the molecule is O=C(O)CCCCCCCCCCCCCCCCCCC/C=C/CCCCCCCCO. The van der Waals surface area contributed by atoms with Crippen LogP contribution >= 0.6 is 0 Å². The number of aliphatic hydroxyl groups excluding tert-OH is 1. The number of allylic oxidation sites excluding steroid dienone is 2. The molecule has 0 saturated heterocycles. The lowest BCUT2D eigenvalue weighted by atomic mass is 10.0. The summed E-state index contributed by atoms with van der Waals surface area (Å²) in [5.41, 5.74) is 0. The number of hydrogen-bond acceptors (Lipinski definition) is 2. The molecule has 0 aromatic heterocycles. The van der Waals surface area contributed by atoms with E-state index in [1.165, 1.54) is 141 Å². The van der Waals surface area contributed by atoms with Crippen molar-refractivity contribution in [3.63, 3.8) is 0 Å². The molecule has 196 valence electrons. The van der Waals surface area contributed by atoms with E-state index in [2.05, 4.69) is 12.2 Å². The van der Waals surface area contributed by atoms with Crippen molar-refractivity contribution >= 4 is 5.97 Å². The first kappa shape index (κ1) is 32.2. The highest BCUT2D eigenvalue weighted by molar-refractivity contribution is 5.66. The van der Waals surface area contributed by atoms with E-state index in [1.54, 1.807) is 0 Å². The molecule has 0 aliphatic heterocycles. The van der Waals surface area contributed by atoms with Gasteiger partial charge in [0.05, 0.1) is 0 Å². The standard InChI is InChI=1S/C30H58O3/c31-29-27-25-23-21-19-17-15-13-11-9-7-5-3-1-2-4-6-8-10-12-14-16-18-20-22-24-26-28-30(32)33/h11,13,31H,1-10,12,14-29H2,(H,32,33)/b13-11+. The molecule has 0 heterocycles. The van der Waals surface area contributed by atoms with E-state index in [9.17, 15) is 4.79 Å². The molecule has 0 unspecified atom stereocenters. The zero-order valence-electron chi connectivity index (χ0n) is 22.0. The van der Waals surface area contributed by atoms with Crippen LogP contribution in [0.15, 0.2) is 12.2 Å². The molecular weight excluding hydrogens is 408 g/mol. The van der Waals surface area contributed by atoms with Crippen molar-refractivity contribution in [1.82, 2.24) is 0 Å². The summed E-state index contributed by atoms with van der Waals surface area (Å²) in [6.45, 7) is 0.353. The molecule has 0 fully saturated rings. The zero-order chi connectivity index (χ0) is 24.1. The van der Waals surface area contributed by atoms with E-state index in [1.807, 2.05) is 0 Å². The average Bonchev–Trinajstić information content (AvgIpc) is 2.80. The Kier molecular flexibility index (Phi) is 28.5. The molecule has 0 atom stereocenters. The van der Waals surface area contributed by atoms with Crippen molar-refractivity contribution in [3.05, 3.63) is 12.2 Å². The number of carbonyl (C=O) groups is 1. The second-order valence-electron chi connectivity index (χ2n) is 10.0. The Labute approximate surface area is 206 Å². The lowest BCUT2D eigenvalue weighted by Gasteiger charge is -2.03. The monoisotopic (exact) mass is 466 g/mol. The first-order valence-corrected chi connectivity index (χ1v) is 14.7. The Morgan fingerprint density at radius 2 is 0.697 bits per heavy atom. The van der Waals surface area contributed by atoms with E-state index in [4.69, 9.17) is 10.2 Å². The first-order valence-electron chi connectivity index (χ1n) is 14.7.